The maximum absolute atomic E-state index is 12.8. The summed E-state index contributed by atoms with van der Waals surface area (Å²) in [6, 6.07) is 13.0. The van der Waals surface area contributed by atoms with Crippen LogP contribution in [0.1, 0.15) is 22.8 Å². The number of benzene rings is 2. The van der Waals surface area contributed by atoms with Crippen molar-refractivity contribution in [2.45, 2.75) is 13.5 Å². The molecular weight excluding hydrogens is 289 g/mol. The van der Waals surface area contributed by atoms with Crippen molar-refractivity contribution in [1.29, 1.82) is 0 Å². The molecule has 0 aliphatic rings. The molecule has 4 heteroatoms. The molecule has 0 unspecified atom stereocenters. The maximum atomic E-state index is 12.8. The lowest BCUT2D eigenvalue weighted by Crippen LogP contribution is -2.12. The van der Waals surface area contributed by atoms with Crippen molar-refractivity contribution in [3.05, 3.63) is 82.3 Å². The number of halogens is 2. The Bertz CT molecular complexity index is 647. The molecule has 0 radical (unpaired) electrons. The van der Waals surface area contributed by atoms with Crippen LogP contribution in [0.25, 0.3) is 0 Å². The predicted molar refractivity (Wildman–Crippen MR) is 82.8 cm³/mol. The fourth-order valence-corrected chi connectivity index (χ4v) is 1.91. The standard InChI is InChI=1S/C17H15ClFNO/c1-12(20-11-13-2-8-16(19)9-3-13)10-17(21)14-4-6-15(18)7-5-14/h2-10,20H,11H2,1H3. The molecule has 0 saturated carbocycles. The third kappa shape index (κ3) is 4.72. The monoisotopic (exact) mass is 303 g/mol. The lowest BCUT2D eigenvalue weighted by Gasteiger charge is -2.06. The van der Waals surface area contributed by atoms with Crippen molar-refractivity contribution < 1.29 is 9.18 Å². The molecule has 2 nitrogen and oxygen atoms in total. The minimum atomic E-state index is -0.260. The lowest BCUT2D eigenvalue weighted by molar-refractivity contribution is 0.104. The molecule has 0 bridgehead atoms. The Morgan fingerprint density at radius 2 is 1.76 bits per heavy atom. The molecule has 0 atom stereocenters. The van der Waals surface area contributed by atoms with E-state index in [9.17, 15) is 9.18 Å². The minimum absolute atomic E-state index is 0.0872. The van der Waals surface area contributed by atoms with Crippen LogP contribution in [-0.4, -0.2) is 5.78 Å². The van der Waals surface area contributed by atoms with Gasteiger partial charge in [0, 0.05) is 28.9 Å². The van der Waals surface area contributed by atoms with Gasteiger partial charge in [0.25, 0.3) is 0 Å². The second-order valence-electron chi connectivity index (χ2n) is 4.68. The average molecular weight is 304 g/mol. The topological polar surface area (TPSA) is 29.1 Å². The van der Waals surface area contributed by atoms with Crippen molar-refractivity contribution in [3.8, 4) is 0 Å². The normalized spacial score (nSPS) is 11.3. The first-order valence-corrected chi connectivity index (χ1v) is 6.89. The molecule has 0 fully saturated rings. The highest BCUT2D eigenvalue weighted by Crippen LogP contribution is 2.11. The summed E-state index contributed by atoms with van der Waals surface area (Å²) in [6.45, 7) is 2.36. The van der Waals surface area contributed by atoms with Gasteiger partial charge >= 0.3 is 0 Å². The summed E-state index contributed by atoms with van der Waals surface area (Å²) in [5.41, 5.74) is 2.28. The quantitative estimate of drug-likeness (QED) is 0.657. The van der Waals surface area contributed by atoms with E-state index in [1.54, 1.807) is 36.4 Å². The average Bonchev–Trinajstić information content (AvgIpc) is 2.47. The molecule has 0 aliphatic carbocycles. The van der Waals surface area contributed by atoms with Crippen LogP contribution >= 0.6 is 11.6 Å². The van der Waals surface area contributed by atoms with Gasteiger partial charge in [0.1, 0.15) is 5.82 Å². The van der Waals surface area contributed by atoms with Gasteiger partial charge in [-0.2, -0.15) is 0 Å². The van der Waals surface area contributed by atoms with E-state index in [1.165, 1.54) is 18.2 Å². The van der Waals surface area contributed by atoms with E-state index < -0.39 is 0 Å². The summed E-state index contributed by atoms with van der Waals surface area (Å²) in [6.07, 6.45) is 1.53. The summed E-state index contributed by atoms with van der Waals surface area (Å²) in [7, 11) is 0. The van der Waals surface area contributed by atoms with Crippen LogP contribution in [0, 0.1) is 5.82 Å². The van der Waals surface area contributed by atoms with E-state index in [-0.39, 0.29) is 11.6 Å². The number of hydrogen-bond donors (Lipinski definition) is 1. The summed E-state index contributed by atoms with van der Waals surface area (Å²) < 4.78 is 12.8. The van der Waals surface area contributed by atoms with Gasteiger partial charge in [0.15, 0.2) is 5.78 Å². The lowest BCUT2D eigenvalue weighted by atomic mass is 10.1. The van der Waals surface area contributed by atoms with Crippen LogP contribution in [-0.2, 0) is 6.54 Å². The smallest absolute Gasteiger partial charge is 0.187 e. The fourth-order valence-electron chi connectivity index (χ4n) is 1.79. The van der Waals surface area contributed by atoms with Crippen LogP contribution in [0.2, 0.25) is 5.02 Å². The van der Waals surface area contributed by atoms with Crippen LogP contribution in [0.15, 0.2) is 60.3 Å². The Balaban J connectivity index is 1.95. The van der Waals surface area contributed by atoms with Gasteiger partial charge in [-0.3, -0.25) is 4.79 Å². The van der Waals surface area contributed by atoms with Crippen molar-refractivity contribution >= 4 is 17.4 Å². The van der Waals surface area contributed by atoms with Crippen molar-refractivity contribution in [3.63, 3.8) is 0 Å². The van der Waals surface area contributed by atoms with E-state index in [0.29, 0.717) is 17.1 Å². The molecule has 0 saturated heterocycles. The third-order valence-corrected chi connectivity index (χ3v) is 3.21. The molecule has 2 aromatic rings. The van der Waals surface area contributed by atoms with Gasteiger partial charge in [-0.05, 0) is 48.9 Å². The Labute approximate surface area is 128 Å². The van der Waals surface area contributed by atoms with Gasteiger partial charge in [0.05, 0.1) is 0 Å². The predicted octanol–water partition coefficient (Wildman–Crippen LogP) is 4.36. The van der Waals surface area contributed by atoms with Gasteiger partial charge in [-0.25, -0.2) is 4.39 Å². The largest absolute Gasteiger partial charge is 0.384 e. The number of hydrogen-bond acceptors (Lipinski definition) is 2. The number of carbonyl (C=O) groups excluding carboxylic acids is 1. The number of allylic oxidation sites excluding steroid dienone is 2. The Hall–Kier alpha value is -2.13. The van der Waals surface area contributed by atoms with Gasteiger partial charge in [0.2, 0.25) is 0 Å². The second kappa shape index (κ2) is 7.04. The molecule has 0 heterocycles. The van der Waals surface area contributed by atoms with E-state index in [1.807, 2.05) is 6.92 Å². The Morgan fingerprint density at radius 3 is 2.38 bits per heavy atom. The summed E-state index contributed by atoms with van der Waals surface area (Å²) >= 11 is 5.79. The van der Waals surface area contributed by atoms with Crippen molar-refractivity contribution in [2.24, 2.45) is 0 Å². The first kappa shape index (κ1) is 15.3. The molecule has 0 spiro atoms. The highest BCUT2D eigenvalue weighted by molar-refractivity contribution is 6.30. The second-order valence-corrected chi connectivity index (χ2v) is 5.11. The first-order valence-electron chi connectivity index (χ1n) is 6.51. The number of ketones is 1. The molecule has 21 heavy (non-hydrogen) atoms. The summed E-state index contributed by atoms with van der Waals surface area (Å²) in [4.78, 5) is 12.0. The molecule has 0 amide bonds. The summed E-state index contributed by atoms with van der Waals surface area (Å²) in [5.74, 6) is -0.347. The van der Waals surface area contributed by atoms with E-state index in [2.05, 4.69) is 5.32 Å². The highest BCUT2D eigenvalue weighted by atomic mass is 35.5. The zero-order valence-electron chi connectivity index (χ0n) is 11.6. The number of rotatable bonds is 5. The molecule has 0 aliphatic heterocycles. The molecule has 108 valence electrons. The van der Waals surface area contributed by atoms with Gasteiger partial charge in [-0.15, -0.1) is 0 Å². The van der Waals surface area contributed by atoms with Crippen LogP contribution < -0.4 is 5.32 Å². The highest BCUT2D eigenvalue weighted by Gasteiger charge is 2.03. The third-order valence-electron chi connectivity index (χ3n) is 2.96. The molecule has 0 aromatic heterocycles. The zero-order chi connectivity index (χ0) is 15.2. The Morgan fingerprint density at radius 1 is 1.14 bits per heavy atom. The van der Waals surface area contributed by atoms with E-state index in [0.717, 1.165) is 11.3 Å². The van der Waals surface area contributed by atoms with E-state index >= 15 is 0 Å². The fraction of sp³-hybridized carbons (Fsp3) is 0.118. The number of carbonyl (C=O) groups is 1. The molecule has 2 aromatic carbocycles. The molecule has 1 N–H and O–H groups in total. The van der Waals surface area contributed by atoms with Crippen LogP contribution in [0.5, 0.6) is 0 Å². The summed E-state index contributed by atoms with van der Waals surface area (Å²) in [5, 5.41) is 3.72. The van der Waals surface area contributed by atoms with Crippen LogP contribution in [0.4, 0.5) is 4.39 Å². The van der Waals surface area contributed by atoms with Crippen LogP contribution in [0.3, 0.4) is 0 Å². The van der Waals surface area contributed by atoms with Gasteiger partial charge < -0.3 is 5.32 Å². The first-order chi connectivity index (χ1) is 10.0. The van der Waals surface area contributed by atoms with Crippen molar-refractivity contribution in [2.75, 3.05) is 0 Å². The Kier molecular flexibility index (Phi) is 5.12. The minimum Gasteiger partial charge on any atom is -0.384 e. The number of nitrogens with one attached hydrogen (secondary N) is 1. The zero-order valence-corrected chi connectivity index (χ0v) is 12.3. The molecule has 2 rings (SSSR count). The maximum Gasteiger partial charge on any atom is 0.187 e. The van der Waals surface area contributed by atoms with Gasteiger partial charge in [-0.1, -0.05) is 23.7 Å². The molecular formula is C17H15ClFNO. The van der Waals surface area contributed by atoms with Crippen molar-refractivity contribution in [1.82, 2.24) is 5.32 Å². The SMILES string of the molecule is CC(=CC(=O)c1ccc(Cl)cc1)NCc1ccc(F)cc1. The van der Waals surface area contributed by atoms with E-state index in [4.69, 9.17) is 11.6 Å².